The van der Waals surface area contributed by atoms with Gasteiger partial charge in [-0.05, 0) is 49.4 Å². The van der Waals surface area contributed by atoms with Gasteiger partial charge in [0.25, 0.3) is 0 Å². The van der Waals surface area contributed by atoms with Crippen molar-refractivity contribution in [2.45, 2.75) is 11.8 Å². The number of nitriles is 1. The molecule has 0 atom stereocenters. The van der Waals surface area contributed by atoms with Gasteiger partial charge in [-0.15, -0.1) is 0 Å². The van der Waals surface area contributed by atoms with Gasteiger partial charge in [0.15, 0.2) is 0 Å². The van der Waals surface area contributed by atoms with Crippen molar-refractivity contribution in [3.8, 4) is 11.8 Å². The third-order valence-corrected chi connectivity index (χ3v) is 6.14. The van der Waals surface area contributed by atoms with Crippen LogP contribution in [0.2, 0.25) is 10.2 Å². The van der Waals surface area contributed by atoms with Crippen LogP contribution in [0.15, 0.2) is 64.4 Å². The van der Waals surface area contributed by atoms with Gasteiger partial charge in [0.1, 0.15) is 16.1 Å². The Bertz CT molecular complexity index is 1160. The zero-order valence-electron chi connectivity index (χ0n) is 14.1. The zero-order chi connectivity index (χ0) is 19.6. The van der Waals surface area contributed by atoms with Crippen molar-refractivity contribution < 1.29 is 8.42 Å². The molecule has 0 aliphatic rings. The van der Waals surface area contributed by atoms with Crippen LogP contribution in [-0.2, 0) is 9.84 Å². The van der Waals surface area contributed by atoms with Crippen LogP contribution < -0.4 is 0 Å². The van der Waals surface area contributed by atoms with E-state index >= 15 is 0 Å². The second-order valence-corrected chi connectivity index (χ2v) is 8.33. The van der Waals surface area contributed by atoms with E-state index in [1.165, 1.54) is 35.0 Å². The number of nitrogens with zero attached hydrogens (tertiary/aromatic N) is 3. The molecule has 3 rings (SSSR count). The number of hydrogen-bond acceptors (Lipinski definition) is 4. The van der Waals surface area contributed by atoms with Gasteiger partial charge < -0.3 is 0 Å². The lowest BCUT2D eigenvalue weighted by atomic mass is 10.2. The molecule has 0 radical (unpaired) electrons. The number of benzene rings is 2. The first kappa shape index (κ1) is 19.2. The molecule has 0 aliphatic carbocycles. The molecule has 8 heteroatoms. The summed E-state index contributed by atoms with van der Waals surface area (Å²) in [6.45, 7) is 1.70. The highest BCUT2D eigenvalue weighted by molar-refractivity contribution is 7.95. The Morgan fingerprint density at radius 1 is 1.11 bits per heavy atom. The fourth-order valence-corrected chi connectivity index (χ4v) is 4.05. The quantitative estimate of drug-likeness (QED) is 0.569. The first-order valence-electron chi connectivity index (χ1n) is 7.77. The average Bonchev–Trinajstić information content (AvgIpc) is 2.94. The van der Waals surface area contributed by atoms with Gasteiger partial charge in [-0.1, -0.05) is 41.4 Å². The van der Waals surface area contributed by atoms with Crippen LogP contribution >= 0.6 is 23.2 Å². The lowest BCUT2D eigenvalue weighted by Gasteiger charge is -2.04. The maximum Gasteiger partial charge on any atom is 0.216 e. The summed E-state index contributed by atoms with van der Waals surface area (Å²) in [5.41, 5.74) is 1.60. The molecule has 27 heavy (non-hydrogen) atoms. The number of hydrogen-bond donors (Lipinski definition) is 0. The van der Waals surface area contributed by atoms with Crippen LogP contribution in [0.3, 0.4) is 0 Å². The normalized spacial score (nSPS) is 12.0. The minimum atomic E-state index is -4.01. The molecule has 1 heterocycles. The second kappa shape index (κ2) is 7.57. The summed E-state index contributed by atoms with van der Waals surface area (Å²) < 4.78 is 27.0. The van der Waals surface area contributed by atoms with Crippen molar-refractivity contribution in [2.24, 2.45) is 0 Å². The summed E-state index contributed by atoms with van der Waals surface area (Å²) in [7, 11) is -4.01. The predicted octanol–water partition coefficient (Wildman–Crippen LogP) is 4.83. The first-order chi connectivity index (χ1) is 12.8. The lowest BCUT2D eigenvalue weighted by molar-refractivity contribution is 0.603. The lowest BCUT2D eigenvalue weighted by Crippen LogP contribution is -2.03. The van der Waals surface area contributed by atoms with E-state index in [2.05, 4.69) is 5.10 Å². The molecular weight excluding hydrogens is 405 g/mol. The molecule has 0 amide bonds. The molecule has 0 aliphatic heterocycles. The Morgan fingerprint density at radius 2 is 1.74 bits per heavy atom. The van der Waals surface area contributed by atoms with E-state index < -0.39 is 14.7 Å². The Balaban J connectivity index is 2.11. The van der Waals surface area contributed by atoms with Crippen LogP contribution in [0, 0.1) is 18.3 Å². The van der Waals surface area contributed by atoms with E-state index in [1.807, 2.05) is 30.3 Å². The fraction of sp³-hybridized carbons (Fsp3) is 0.0526. The van der Waals surface area contributed by atoms with Gasteiger partial charge >= 0.3 is 0 Å². The zero-order valence-corrected chi connectivity index (χ0v) is 16.4. The maximum absolute atomic E-state index is 12.8. The van der Waals surface area contributed by atoms with Crippen LogP contribution in [-0.4, -0.2) is 18.2 Å². The smallest absolute Gasteiger partial charge is 0.216 e. The molecule has 2 aromatic carbocycles. The van der Waals surface area contributed by atoms with Gasteiger partial charge in [-0.2, -0.15) is 10.4 Å². The van der Waals surface area contributed by atoms with Gasteiger partial charge in [-0.3, -0.25) is 0 Å². The molecule has 0 saturated heterocycles. The van der Waals surface area contributed by atoms with Gasteiger partial charge in [0.05, 0.1) is 16.3 Å². The molecule has 1 aromatic heterocycles. The number of para-hydroxylation sites is 1. The third kappa shape index (κ3) is 3.76. The molecule has 3 aromatic rings. The monoisotopic (exact) mass is 417 g/mol. The maximum atomic E-state index is 12.8. The fourth-order valence-electron chi connectivity index (χ4n) is 2.46. The predicted molar refractivity (Wildman–Crippen MR) is 106 cm³/mol. The summed E-state index contributed by atoms with van der Waals surface area (Å²) >= 11 is 12.2. The molecule has 0 spiro atoms. The molecule has 0 N–H and O–H groups in total. The van der Waals surface area contributed by atoms with E-state index in [0.29, 0.717) is 16.3 Å². The highest BCUT2D eigenvalue weighted by atomic mass is 35.5. The Kier molecular flexibility index (Phi) is 5.38. The number of aryl methyl sites for hydroxylation is 1. The molecule has 0 unspecified atom stereocenters. The van der Waals surface area contributed by atoms with Gasteiger partial charge in [-0.25, -0.2) is 13.1 Å². The van der Waals surface area contributed by atoms with E-state index in [4.69, 9.17) is 23.2 Å². The van der Waals surface area contributed by atoms with Crippen LogP contribution in [0.1, 0.15) is 11.3 Å². The number of sulfone groups is 1. The molecular formula is C19H13Cl2N3O2S. The van der Waals surface area contributed by atoms with E-state index in [0.717, 1.165) is 5.69 Å². The van der Waals surface area contributed by atoms with Crippen LogP contribution in [0.25, 0.3) is 11.8 Å². The SMILES string of the molecule is Cc1nn(-c2ccccc2)c(Cl)c1/C=C(\C#N)S(=O)(=O)c1ccc(Cl)cc1. The van der Waals surface area contributed by atoms with Crippen molar-refractivity contribution in [3.63, 3.8) is 0 Å². The van der Waals surface area contributed by atoms with E-state index in [-0.39, 0.29) is 10.0 Å². The third-order valence-electron chi connectivity index (χ3n) is 3.85. The van der Waals surface area contributed by atoms with E-state index in [1.54, 1.807) is 13.0 Å². The summed E-state index contributed by atoms with van der Waals surface area (Å²) in [6.07, 6.45) is 1.24. The molecule has 0 bridgehead atoms. The number of allylic oxidation sites excluding steroid dienone is 1. The Labute approximate surface area is 167 Å². The minimum absolute atomic E-state index is 0.0241. The molecule has 136 valence electrons. The summed E-state index contributed by atoms with van der Waals surface area (Å²) in [5.74, 6) is 0. The highest BCUT2D eigenvalue weighted by Crippen LogP contribution is 2.28. The summed E-state index contributed by atoms with van der Waals surface area (Å²) in [6, 6.07) is 16.5. The average molecular weight is 418 g/mol. The van der Waals surface area contributed by atoms with Crippen LogP contribution in [0.5, 0.6) is 0 Å². The second-order valence-electron chi connectivity index (χ2n) is 5.61. The topological polar surface area (TPSA) is 75.8 Å². The summed E-state index contributed by atoms with van der Waals surface area (Å²) in [4.78, 5) is -0.452. The van der Waals surface area contributed by atoms with Crippen molar-refractivity contribution in [1.82, 2.24) is 9.78 Å². The molecule has 0 saturated carbocycles. The Hall–Kier alpha value is -2.59. The van der Waals surface area contributed by atoms with Gasteiger partial charge in [0.2, 0.25) is 9.84 Å². The largest absolute Gasteiger partial charge is 0.221 e. The highest BCUT2D eigenvalue weighted by Gasteiger charge is 2.23. The number of aromatic nitrogens is 2. The summed E-state index contributed by atoms with van der Waals surface area (Å²) in [5, 5.41) is 14.4. The first-order valence-corrected chi connectivity index (χ1v) is 10.0. The Morgan fingerprint density at radius 3 is 2.33 bits per heavy atom. The van der Waals surface area contributed by atoms with Gasteiger partial charge in [0, 0.05) is 10.6 Å². The van der Waals surface area contributed by atoms with Crippen molar-refractivity contribution in [1.29, 1.82) is 5.26 Å². The minimum Gasteiger partial charge on any atom is -0.221 e. The van der Waals surface area contributed by atoms with Crippen molar-refractivity contribution >= 4 is 39.1 Å². The van der Waals surface area contributed by atoms with Crippen LogP contribution in [0.4, 0.5) is 0 Å². The standard InChI is InChI=1S/C19H13Cl2N3O2S/c1-13-18(19(21)24(23-13)15-5-3-2-4-6-15)11-17(12-22)27(25,26)16-9-7-14(20)8-10-16/h2-11H,1H3/b17-11+. The van der Waals surface area contributed by atoms with Crippen molar-refractivity contribution in [3.05, 3.63) is 80.9 Å². The number of rotatable bonds is 4. The number of halogens is 2. The van der Waals surface area contributed by atoms with Crippen molar-refractivity contribution in [2.75, 3.05) is 0 Å². The van der Waals surface area contributed by atoms with E-state index in [9.17, 15) is 13.7 Å². The molecule has 5 nitrogen and oxygen atoms in total. The molecule has 0 fully saturated rings.